The molecule has 1 N–H and O–H groups in total. The van der Waals surface area contributed by atoms with E-state index in [2.05, 4.69) is 15.1 Å². The number of piperidine rings is 1. The molecular formula is C14H18N4O2. The lowest BCUT2D eigenvalue weighted by molar-refractivity contribution is 0.0698. The Balaban J connectivity index is 1.78. The van der Waals surface area contributed by atoms with E-state index >= 15 is 0 Å². The summed E-state index contributed by atoms with van der Waals surface area (Å²) in [6, 6.07) is 3.28. The summed E-state index contributed by atoms with van der Waals surface area (Å²) < 4.78 is 1.79. The molecule has 1 saturated heterocycles. The van der Waals surface area contributed by atoms with Gasteiger partial charge in [0.05, 0.1) is 0 Å². The highest BCUT2D eigenvalue weighted by atomic mass is 16.4. The molecule has 6 nitrogen and oxygen atoms in total. The maximum absolute atomic E-state index is 11.1. The predicted molar refractivity (Wildman–Crippen MR) is 73.9 cm³/mol. The van der Waals surface area contributed by atoms with Crippen LogP contribution in [0.4, 0.5) is 0 Å². The summed E-state index contributed by atoms with van der Waals surface area (Å²) >= 11 is 0. The fourth-order valence-electron chi connectivity index (χ4n) is 2.74. The Morgan fingerprint density at radius 3 is 2.80 bits per heavy atom. The summed E-state index contributed by atoms with van der Waals surface area (Å²) in [4.78, 5) is 13.6. The number of carbonyl (C=O) groups is 1. The van der Waals surface area contributed by atoms with Crippen molar-refractivity contribution in [2.75, 3.05) is 19.6 Å². The maximum atomic E-state index is 11.1. The average molecular weight is 274 g/mol. The third-order valence-corrected chi connectivity index (χ3v) is 3.84. The number of rotatable bonds is 4. The summed E-state index contributed by atoms with van der Waals surface area (Å²) in [6.07, 6.45) is 6.48. The normalized spacial score (nSPS) is 16.6. The zero-order chi connectivity index (χ0) is 13.9. The van der Waals surface area contributed by atoms with Crippen molar-refractivity contribution in [2.24, 2.45) is 0 Å². The van der Waals surface area contributed by atoms with Crippen molar-refractivity contribution in [3.63, 3.8) is 0 Å². The maximum Gasteiger partial charge on any atom is 0.339 e. The van der Waals surface area contributed by atoms with Crippen molar-refractivity contribution >= 4 is 11.6 Å². The highest BCUT2D eigenvalue weighted by molar-refractivity contribution is 5.94. The quantitative estimate of drug-likeness (QED) is 0.914. The first kappa shape index (κ1) is 13.1. The van der Waals surface area contributed by atoms with E-state index in [1.165, 1.54) is 19.3 Å². The number of carboxylic acid groups (broad SMARTS) is 1. The highest BCUT2D eigenvalue weighted by Gasteiger charge is 2.15. The van der Waals surface area contributed by atoms with Crippen LogP contribution in [0.1, 0.15) is 35.4 Å². The van der Waals surface area contributed by atoms with E-state index < -0.39 is 5.97 Å². The van der Waals surface area contributed by atoms with Crippen LogP contribution in [0.25, 0.3) is 5.65 Å². The largest absolute Gasteiger partial charge is 0.478 e. The van der Waals surface area contributed by atoms with Gasteiger partial charge in [-0.15, -0.1) is 10.2 Å². The number of carboxylic acids is 1. The van der Waals surface area contributed by atoms with Crippen molar-refractivity contribution in [1.82, 2.24) is 19.5 Å². The minimum Gasteiger partial charge on any atom is -0.478 e. The lowest BCUT2D eigenvalue weighted by atomic mass is 10.1. The summed E-state index contributed by atoms with van der Waals surface area (Å²) in [5, 5.41) is 17.3. The number of aromatic carboxylic acids is 1. The van der Waals surface area contributed by atoms with E-state index in [9.17, 15) is 4.79 Å². The van der Waals surface area contributed by atoms with Crippen LogP contribution in [0.3, 0.4) is 0 Å². The molecule has 1 aliphatic rings. The van der Waals surface area contributed by atoms with Gasteiger partial charge in [-0.3, -0.25) is 4.40 Å². The fourth-order valence-corrected chi connectivity index (χ4v) is 2.74. The molecule has 20 heavy (non-hydrogen) atoms. The number of nitrogens with zero attached hydrogens (tertiary/aromatic N) is 4. The monoisotopic (exact) mass is 274 g/mol. The molecule has 0 amide bonds. The zero-order valence-corrected chi connectivity index (χ0v) is 11.3. The van der Waals surface area contributed by atoms with E-state index in [1.807, 2.05) is 6.20 Å². The van der Waals surface area contributed by atoms with E-state index in [1.54, 1.807) is 16.5 Å². The lowest BCUT2D eigenvalue weighted by Gasteiger charge is -2.25. The molecule has 0 bridgehead atoms. The van der Waals surface area contributed by atoms with Crippen molar-refractivity contribution in [1.29, 1.82) is 0 Å². The van der Waals surface area contributed by atoms with Gasteiger partial charge in [-0.1, -0.05) is 6.42 Å². The average Bonchev–Trinajstić information content (AvgIpc) is 2.89. The van der Waals surface area contributed by atoms with Gasteiger partial charge in [0.1, 0.15) is 11.4 Å². The van der Waals surface area contributed by atoms with Gasteiger partial charge >= 0.3 is 5.97 Å². The smallest absolute Gasteiger partial charge is 0.339 e. The van der Waals surface area contributed by atoms with Crippen LogP contribution >= 0.6 is 0 Å². The van der Waals surface area contributed by atoms with Gasteiger partial charge in [-0.2, -0.15) is 0 Å². The van der Waals surface area contributed by atoms with Crippen LogP contribution < -0.4 is 0 Å². The molecule has 0 radical (unpaired) electrons. The molecule has 3 rings (SSSR count). The van der Waals surface area contributed by atoms with Gasteiger partial charge in [-0.25, -0.2) is 4.79 Å². The van der Waals surface area contributed by atoms with Crippen LogP contribution in [-0.2, 0) is 6.42 Å². The number of pyridine rings is 1. The van der Waals surface area contributed by atoms with E-state index in [0.29, 0.717) is 5.65 Å². The van der Waals surface area contributed by atoms with Gasteiger partial charge < -0.3 is 10.0 Å². The molecule has 2 aromatic heterocycles. The molecule has 0 aromatic carbocycles. The van der Waals surface area contributed by atoms with Crippen LogP contribution in [0, 0.1) is 0 Å². The summed E-state index contributed by atoms with van der Waals surface area (Å²) in [5.41, 5.74) is 0.623. The molecule has 0 spiro atoms. The molecule has 0 saturated carbocycles. The second-order valence-corrected chi connectivity index (χ2v) is 5.19. The standard InChI is InChI=1S/C14H18N4O2/c19-14(20)11-5-4-9-18-12(15-16-13(11)18)6-10-17-7-2-1-3-8-17/h4-5,9H,1-3,6-8,10H2,(H,19,20). The fraction of sp³-hybridized carbons (Fsp3) is 0.500. The first-order valence-corrected chi connectivity index (χ1v) is 7.04. The molecule has 0 unspecified atom stereocenters. The second-order valence-electron chi connectivity index (χ2n) is 5.19. The van der Waals surface area contributed by atoms with Gasteiger partial charge in [0, 0.05) is 19.2 Å². The minimum absolute atomic E-state index is 0.198. The Labute approximate surface area is 117 Å². The van der Waals surface area contributed by atoms with Crippen LogP contribution in [0.15, 0.2) is 18.3 Å². The Hall–Kier alpha value is -1.95. The van der Waals surface area contributed by atoms with Gasteiger partial charge in [0.15, 0.2) is 5.65 Å². The minimum atomic E-state index is -0.967. The topological polar surface area (TPSA) is 70.7 Å². The third-order valence-electron chi connectivity index (χ3n) is 3.84. The SMILES string of the molecule is O=C(O)c1cccn2c(CCN3CCCCC3)nnc12. The summed E-state index contributed by atoms with van der Waals surface area (Å²) in [5.74, 6) is -0.140. The molecule has 1 fully saturated rings. The third kappa shape index (κ3) is 2.51. The number of fused-ring (bicyclic) bond motifs is 1. The Kier molecular flexibility index (Phi) is 3.64. The molecular weight excluding hydrogens is 256 g/mol. The van der Waals surface area contributed by atoms with Crippen LogP contribution in [-0.4, -0.2) is 50.2 Å². The molecule has 3 heterocycles. The second kappa shape index (κ2) is 5.58. The van der Waals surface area contributed by atoms with Gasteiger partial charge in [0.2, 0.25) is 0 Å². The lowest BCUT2D eigenvalue weighted by Crippen LogP contribution is -2.31. The van der Waals surface area contributed by atoms with Crippen LogP contribution in [0.5, 0.6) is 0 Å². The summed E-state index contributed by atoms with van der Waals surface area (Å²) in [7, 11) is 0. The van der Waals surface area contributed by atoms with Crippen LogP contribution in [0.2, 0.25) is 0 Å². The Bertz CT molecular complexity index is 617. The molecule has 1 aliphatic heterocycles. The number of aromatic nitrogens is 3. The number of likely N-dealkylation sites (tertiary alicyclic amines) is 1. The van der Waals surface area contributed by atoms with Crippen molar-refractivity contribution in [2.45, 2.75) is 25.7 Å². The highest BCUT2D eigenvalue weighted by Crippen LogP contribution is 2.12. The first-order valence-electron chi connectivity index (χ1n) is 7.04. The molecule has 6 heteroatoms. The van der Waals surface area contributed by atoms with E-state index in [4.69, 9.17) is 5.11 Å². The molecule has 106 valence electrons. The predicted octanol–water partition coefficient (Wildman–Crippen LogP) is 1.46. The number of hydrogen-bond acceptors (Lipinski definition) is 4. The molecule has 0 aliphatic carbocycles. The summed E-state index contributed by atoms with van der Waals surface area (Å²) in [6.45, 7) is 3.26. The zero-order valence-electron chi connectivity index (χ0n) is 11.3. The van der Waals surface area contributed by atoms with Gasteiger partial charge in [-0.05, 0) is 38.1 Å². The van der Waals surface area contributed by atoms with Crippen molar-refractivity contribution < 1.29 is 9.90 Å². The molecule has 2 aromatic rings. The molecule has 0 atom stereocenters. The van der Waals surface area contributed by atoms with E-state index in [0.717, 1.165) is 31.9 Å². The number of hydrogen-bond donors (Lipinski definition) is 1. The first-order chi connectivity index (χ1) is 9.75. The van der Waals surface area contributed by atoms with Gasteiger partial charge in [0.25, 0.3) is 0 Å². The Morgan fingerprint density at radius 2 is 2.05 bits per heavy atom. The van der Waals surface area contributed by atoms with Crippen molar-refractivity contribution in [3.8, 4) is 0 Å². The van der Waals surface area contributed by atoms with E-state index in [-0.39, 0.29) is 5.56 Å². The van der Waals surface area contributed by atoms with Crippen molar-refractivity contribution in [3.05, 3.63) is 29.7 Å². The Morgan fingerprint density at radius 1 is 1.25 bits per heavy atom.